The second-order valence-electron chi connectivity index (χ2n) is 5.57. The van der Waals surface area contributed by atoms with Crippen molar-refractivity contribution in [3.05, 3.63) is 35.9 Å². The van der Waals surface area contributed by atoms with Crippen molar-refractivity contribution in [3.8, 4) is 0 Å². The molecule has 0 saturated heterocycles. The first-order chi connectivity index (χ1) is 10.9. The van der Waals surface area contributed by atoms with E-state index in [2.05, 4.69) is 0 Å². The van der Waals surface area contributed by atoms with E-state index in [1.807, 2.05) is 44.2 Å². The van der Waals surface area contributed by atoms with Gasteiger partial charge in [0.05, 0.1) is 6.26 Å². The molecule has 130 valence electrons. The Morgan fingerprint density at radius 1 is 1.04 bits per heavy atom. The number of nitrogens with zero attached hydrogens (tertiary/aromatic N) is 2. The van der Waals surface area contributed by atoms with Crippen LogP contribution in [0.5, 0.6) is 0 Å². The van der Waals surface area contributed by atoms with Crippen LogP contribution in [0.2, 0.25) is 0 Å². The molecule has 0 aliphatic carbocycles. The lowest BCUT2D eigenvalue weighted by Gasteiger charge is -2.23. The molecule has 0 spiro atoms. The molecule has 1 aromatic rings. The van der Waals surface area contributed by atoms with Gasteiger partial charge in [-0.1, -0.05) is 30.3 Å². The minimum absolute atomic E-state index is 0.00621. The van der Waals surface area contributed by atoms with Crippen molar-refractivity contribution in [2.75, 3.05) is 32.4 Å². The third kappa shape index (κ3) is 7.14. The molecule has 0 aliphatic rings. The van der Waals surface area contributed by atoms with Gasteiger partial charge in [0.1, 0.15) is 0 Å². The zero-order chi connectivity index (χ0) is 17.3. The average molecular weight is 340 g/mol. The van der Waals surface area contributed by atoms with Crippen LogP contribution in [0.15, 0.2) is 30.3 Å². The zero-order valence-electron chi connectivity index (χ0n) is 14.4. The molecule has 0 saturated carbocycles. The summed E-state index contributed by atoms with van der Waals surface area (Å²) in [6, 6.07) is 9.99. The van der Waals surface area contributed by atoms with Gasteiger partial charge in [-0.05, 0) is 32.3 Å². The first-order valence-corrected chi connectivity index (χ1v) is 10.00. The molecule has 0 aromatic heterocycles. The van der Waals surface area contributed by atoms with Crippen LogP contribution < -0.4 is 0 Å². The van der Waals surface area contributed by atoms with Crippen molar-refractivity contribution in [1.29, 1.82) is 0 Å². The molecule has 23 heavy (non-hydrogen) atoms. The highest BCUT2D eigenvalue weighted by atomic mass is 32.2. The number of sulfonamides is 1. The predicted molar refractivity (Wildman–Crippen MR) is 93.7 cm³/mol. The van der Waals surface area contributed by atoms with E-state index in [9.17, 15) is 13.2 Å². The van der Waals surface area contributed by atoms with E-state index in [1.165, 1.54) is 16.1 Å². The SMILES string of the molecule is CCN(CC)C(=O)CCN(CCCc1ccccc1)S(C)(=O)=O. The van der Waals surface area contributed by atoms with Crippen LogP contribution in [0, 0.1) is 0 Å². The maximum atomic E-state index is 12.0. The highest BCUT2D eigenvalue weighted by molar-refractivity contribution is 7.88. The Bertz CT molecular complexity index is 569. The highest BCUT2D eigenvalue weighted by Crippen LogP contribution is 2.07. The number of carbonyl (C=O) groups excluding carboxylic acids is 1. The molecular weight excluding hydrogens is 312 g/mol. The smallest absolute Gasteiger partial charge is 0.223 e. The number of aryl methyl sites for hydroxylation is 1. The standard InChI is InChI=1S/C17H28N2O3S/c1-4-18(5-2)17(20)13-15-19(23(3,21)22)14-9-12-16-10-7-6-8-11-16/h6-8,10-11H,4-5,9,12-15H2,1-3H3. The highest BCUT2D eigenvalue weighted by Gasteiger charge is 2.19. The van der Waals surface area contributed by atoms with E-state index >= 15 is 0 Å². The largest absolute Gasteiger partial charge is 0.343 e. The van der Waals surface area contributed by atoms with Gasteiger partial charge < -0.3 is 4.90 Å². The summed E-state index contributed by atoms with van der Waals surface area (Å²) in [5.41, 5.74) is 1.19. The number of benzene rings is 1. The summed E-state index contributed by atoms with van der Waals surface area (Å²) < 4.78 is 25.2. The number of rotatable bonds is 10. The Balaban J connectivity index is 2.52. The molecule has 0 aliphatic heterocycles. The van der Waals surface area contributed by atoms with Gasteiger partial charge >= 0.3 is 0 Å². The Labute approximate surface area is 140 Å². The first-order valence-electron chi connectivity index (χ1n) is 8.15. The minimum atomic E-state index is -3.29. The number of hydrogen-bond acceptors (Lipinski definition) is 3. The quantitative estimate of drug-likeness (QED) is 0.656. The molecule has 1 amide bonds. The van der Waals surface area contributed by atoms with E-state index in [0.717, 1.165) is 12.8 Å². The lowest BCUT2D eigenvalue weighted by Crippen LogP contribution is -2.37. The van der Waals surface area contributed by atoms with Crippen molar-refractivity contribution in [2.24, 2.45) is 0 Å². The van der Waals surface area contributed by atoms with Crippen LogP contribution in [0.25, 0.3) is 0 Å². The number of hydrogen-bond donors (Lipinski definition) is 0. The molecular formula is C17H28N2O3S. The summed E-state index contributed by atoms with van der Waals surface area (Å²) in [6.45, 7) is 5.86. The monoisotopic (exact) mass is 340 g/mol. The Morgan fingerprint density at radius 3 is 2.17 bits per heavy atom. The molecule has 5 nitrogen and oxygen atoms in total. The van der Waals surface area contributed by atoms with Gasteiger partial charge in [-0.2, -0.15) is 0 Å². The van der Waals surface area contributed by atoms with Crippen LogP contribution >= 0.6 is 0 Å². The van der Waals surface area contributed by atoms with Crippen LogP contribution in [-0.4, -0.2) is 56.0 Å². The average Bonchev–Trinajstić information content (AvgIpc) is 2.51. The normalized spacial score (nSPS) is 11.7. The van der Waals surface area contributed by atoms with Crippen molar-refractivity contribution in [3.63, 3.8) is 0 Å². The van der Waals surface area contributed by atoms with Crippen LogP contribution in [0.4, 0.5) is 0 Å². The molecule has 0 bridgehead atoms. The Morgan fingerprint density at radius 2 is 1.65 bits per heavy atom. The summed E-state index contributed by atoms with van der Waals surface area (Å²) >= 11 is 0. The van der Waals surface area contributed by atoms with Crippen molar-refractivity contribution in [1.82, 2.24) is 9.21 Å². The molecule has 0 heterocycles. The molecule has 0 radical (unpaired) electrons. The van der Waals surface area contributed by atoms with Crippen molar-refractivity contribution >= 4 is 15.9 Å². The van der Waals surface area contributed by atoms with E-state index in [1.54, 1.807) is 4.90 Å². The number of amides is 1. The molecule has 1 rings (SSSR count). The zero-order valence-corrected chi connectivity index (χ0v) is 15.2. The van der Waals surface area contributed by atoms with Crippen LogP contribution in [0.1, 0.15) is 32.3 Å². The van der Waals surface area contributed by atoms with Crippen LogP contribution in [-0.2, 0) is 21.2 Å². The molecule has 0 atom stereocenters. The van der Waals surface area contributed by atoms with Crippen LogP contribution in [0.3, 0.4) is 0 Å². The summed E-state index contributed by atoms with van der Waals surface area (Å²) in [5, 5.41) is 0. The van der Waals surface area contributed by atoms with Crippen molar-refractivity contribution < 1.29 is 13.2 Å². The van der Waals surface area contributed by atoms with Gasteiger partial charge in [-0.25, -0.2) is 12.7 Å². The maximum Gasteiger partial charge on any atom is 0.223 e. The topological polar surface area (TPSA) is 57.7 Å². The Kier molecular flexibility index (Phi) is 8.26. The van der Waals surface area contributed by atoms with Gasteiger partial charge in [0.25, 0.3) is 0 Å². The van der Waals surface area contributed by atoms with Gasteiger partial charge in [0.15, 0.2) is 0 Å². The van der Waals surface area contributed by atoms with Gasteiger partial charge in [-0.15, -0.1) is 0 Å². The Hall–Kier alpha value is -1.40. The number of carbonyl (C=O) groups is 1. The van der Waals surface area contributed by atoms with E-state index in [0.29, 0.717) is 19.6 Å². The second-order valence-corrected chi connectivity index (χ2v) is 7.55. The fraction of sp³-hybridized carbons (Fsp3) is 0.588. The van der Waals surface area contributed by atoms with Crippen molar-refractivity contribution in [2.45, 2.75) is 33.1 Å². The van der Waals surface area contributed by atoms with E-state index < -0.39 is 10.0 Å². The second kappa shape index (κ2) is 9.67. The molecule has 0 unspecified atom stereocenters. The fourth-order valence-corrected chi connectivity index (χ4v) is 3.39. The summed E-state index contributed by atoms with van der Waals surface area (Å²) in [4.78, 5) is 13.8. The van der Waals surface area contributed by atoms with E-state index in [-0.39, 0.29) is 18.9 Å². The molecule has 0 N–H and O–H groups in total. The predicted octanol–water partition coefficient (Wildman–Crippen LogP) is 2.14. The van der Waals surface area contributed by atoms with E-state index in [4.69, 9.17) is 0 Å². The minimum Gasteiger partial charge on any atom is -0.343 e. The molecule has 0 fully saturated rings. The molecule has 6 heteroatoms. The molecule has 1 aromatic carbocycles. The fourth-order valence-electron chi connectivity index (χ4n) is 2.50. The lowest BCUT2D eigenvalue weighted by molar-refractivity contribution is -0.130. The third-order valence-corrected chi connectivity index (χ3v) is 5.18. The van der Waals surface area contributed by atoms with Gasteiger partial charge in [0.2, 0.25) is 15.9 Å². The lowest BCUT2D eigenvalue weighted by atomic mass is 10.1. The maximum absolute atomic E-state index is 12.0. The summed E-state index contributed by atoms with van der Waals surface area (Å²) in [6.07, 6.45) is 3.02. The first kappa shape index (κ1) is 19.6. The summed E-state index contributed by atoms with van der Waals surface area (Å²) in [7, 11) is -3.29. The third-order valence-electron chi connectivity index (χ3n) is 3.88. The summed E-state index contributed by atoms with van der Waals surface area (Å²) in [5.74, 6) is 0.00621. The van der Waals surface area contributed by atoms with Gasteiger partial charge in [0, 0.05) is 32.6 Å². The van der Waals surface area contributed by atoms with Gasteiger partial charge in [-0.3, -0.25) is 4.79 Å².